The lowest BCUT2D eigenvalue weighted by Gasteiger charge is -2.30. The second kappa shape index (κ2) is 13.9. The number of amides is 2. The lowest BCUT2D eigenvalue weighted by Crippen LogP contribution is -2.51. The number of nitroso groups, excluding NO2 is 1. The maximum atomic E-state index is 13.3. The molecule has 3 rings (SSSR count). The Morgan fingerprint density at radius 3 is 2.33 bits per heavy atom. The summed E-state index contributed by atoms with van der Waals surface area (Å²) in [5.41, 5.74) is 0.0947. The summed E-state index contributed by atoms with van der Waals surface area (Å²) in [6.07, 6.45) is -3.47. The van der Waals surface area contributed by atoms with Crippen molar-refractivity contribution in [3.63, 3.8) is 0 Å². The molecular formula is C31H32F3N5O4. The van der Waals surface area contributed by atoms with E-state index in [4.69, 9.17) is 4.74 Å². The molecule has 3 atom stereocenters. The molecule has 0 aliphatic carbocycles. The molecule has 0 radical (unpaired) electrons. The first-order valence-corrected chi connectivity index (χ1v) is 13.5. The number of hydrogen-bond donors (Lipinski definition) is 2. The molecule has 3 unspecified atom stereocenters. The van der Waals surface area contributed by atoms with Crippen molar-refractivity contribution < 1.29 is 27.5 Å². The van der Waals surface area contributed by atoms with Gasteiger partial charge in [0.2, 0.25) is 5.88 Å². The number of benzene rings is 2. The molecule has 0 bridgehead atoms. The van der Waals surface area contributed by atoms with Crippen LogP contribution in [0.2, 0.25) is 0 Å². The SMILES string of the molecule is CC(CN=O)NC(=O)c1ccc(CC(c2cccc(C#N)c2)C(C)NC(=O)C(C)(C)Oc2ccc(C(F)(F)F)cn2)cc1. The monoisotopic (exact) mass is 595 g/mol. The van der Waals surface area contributed by atoms with Crippen molar-refractivity contribution in [3.8, 4) is 11.9 Å². The summed E-state index contributed by atoms with van der Waals surface area (Å²) < 4.78 is 44.3. The van der Waals surface area contributed by atoms with Crippen LogP contribution in [0.4, 0.5) is 13.2 Å². The molecule has 43 heavy (non-hydrogen) atoms. The summed E-state index contributed by atoms with van der Waals surface area (Å²) in [7, 11) is 0. The lowest BCUT2D eigenvalue weighted by atomic mass is 9.85. The molecule has 0 fully saturated rings. The smallest absolute Gasteiger partial charge is 0.417 e. The van der Waals surface area contributed by atoms with Crippen LogP contribution in [0.15, 0.2) is 72.0 Å². The molecule has 2 amide bonds. The quantitative estimate of drug-likeness (QED) is 0.264. The first-order valence-electron chi connectivity index (χ1n) is 13.5. The highest BCUT2D eigenvalue weighted by atomic mass is 19.4. The summed E-state index contributed by atoms with van der Waals surface area (Å²) in [5, 5.41) is 17.9. The van der Waals surface area contributed by atoms with Crippen molar-refractivity contribution in [1.82, 2.24) is 15.6 Å². The Hall–Kier alpha value is -4.79. The van der Waals surface area contributed by atoms with Gasteiger partial charge in [-0.1, -0.05) is 29.4 Å². The Balaban J connectivity index is 1.78. The van der Waals surface area contributed by atoms with Crippen molar-refractivity contribution in [2.75, 3.05) is 6.54 Å². The van der Waals surface area contributed by atoms with E-state index in [1.807, 2.05) is 6.07 Å². The van der Waals surface area contributed by atoms with Crippen molar-refractivity contribution in [1.29, 1.82) is 5.26 Å². The Bertz CT molecular complexity index is 1470. The molecule has 0 saturated heterocycles. The van der Waals surface area contributed by atoms with Gasteiger partial charge >= 0.3 is 6.18 Å². The van der Waals surface area contributed by atoms with Gasteiger partial charge in [-0.15, -0.1) is 0 Å². The minimum Gasteiger partial charge on any atom is -0.462 e. The lowest BCUT2D eigenvalue weighted by molar-refractivity contribution is -0.138. The van der Waals surface area contributed by atoms with Crippen LogP contribution in [0.1, 0.15) is 66.2 Å². The number of rotatable bonds is 12. The molecule has 0 saturated carbocycles. The van der Waals surface area contributed by atoms with Gasteiger partial charge in [-0.2, -0.15) is 23.3 Å². The van der Waals surface area contributed by atoms with Crippen LogP contribution in [0.25, 0.3) is 0 Å². The van der Waals surface area contributed by atoms with Gasteiger partial charge in [-0.05, 0) is 75.6 Å². The third-order valence-electron chi connectivity index (χ3n) is 6.77. The number of aromatic nitrogens is 1. The Morgan fingerprint density at radius 2 is 1.74 bits per heavy atom. The molecule has 1 heterocycles. The number of carbonyl (C=O) groups excluding carboxylic acids is 2. The largest absolute Gasteiger partial charge is 0.462 e. The summed E-state index contributed by atoms with van der Waals surface area (Å²) in [5.74, 6) is -1.31. The first kappa shape index (κ1) is 32.7. The van der Waals surface area contributed by atoms with E-state index in [9.17, 15) is 32.9 Å². The Morgan fingerprint density at radius 1 is 1.05 bits per heavy atom. The first-order chi connectivity index (χ1) is 20.2. The van der Waals surface area contributed by atoms with E-state index in [0.717, 1.165) is 23.3 Å². The second-order valence-corrected chi connectivity index (χ2v) is 10.7. The third-order valence-corrected chi connectivity index (χ3v) is 6.77. The molecule has 226 valence electrons. The zero-order chi connectivity index (χ0) is 31.8. The van der Waals surface area contributed by atoms with Gasteiger partial charge in [-0.3, -0.25) is 9.59 Å². The zero-order valence-corrected chi connectivity index (χ0v) is 24.1. The maximum absolute atomic E-state index is 13.3. The number of pyridine rings is 1. The summed E-state index contributed by atoms with van der Waals surface area (Å²) >= 11 is 0. The number of nitrogens with zero attached hydrogens (tertiary/aromatic N) is 3. The van der Waals surface area contributed by atoms with E-state index in [-0.39, 0.29) is 24.2 Å². The average Bonchev–Trinajstić information content (AvgIpc) is 2.95. The van der Waals surface area contributed by atoms with Gasteiger partial charge < -0.3 is 15.4 Å². The van der Waals surface area contributed by atoms with Crippen molar-refractivity contribution >= 4 is 11.8 Å². The van der Waals surface area contributed by atoms with Crippen LogP contribution in [0.3, 0.4) is 0 Å². The minimum atomic E-state index is -4.55. The average molecular weight is 596 g/mol. The highest BCUT2D eigenvalue weighted by Gasteiger charge is 2.35. The second-order valence-electron chi connectivity index (χ2n) is 10.7. The standard InChI is InChI=1S/C31H32F3N5O4/c1-19(17-37-42)38-28(40)23-10-8-21(9-11-23)15-26(24-7-5-6-22(14-24)16-35)20(2)39-29(41)30(3,4)43-27-13-12-25(18-36-27)31(32,33)34/h5-14,18-20,26H,15,17H2,1-4H3,(H,38,40)(H,39,41). The van der Waals surface area contributed by atoms with E-state index < -0.39 is 35.3 Å². The topological polar surface area (TPSA) is 134 Å². The summed E-state index contributed by atoms with van der Waals surface area (Å²) in [4.78, 5) is 39.9. The van der Waals surface area contributed by atoms with E-state index in [2.05, 4.69) is 26.9 Å². The number of nitrogens with one attached hydrogen (secondary N) is 2. The molecule has 0 spiro atoms. The number of ether oxygens (including phenoxy) is 1. The fourth-order valence-electron chi connectivity index (χ4n) is 4.33. The number of hydrogen-bond acceptors (Lipinski definition) is 7. The van der Waals surface area contributed by atoms with E-state index >= 15 is 0 Å². The molecule has 12 heteroatoms. The third kappa shape index (κ3) is 9.10. The van der Waals surface area contributed by atoms with Gasteiger partial charge in [-0.25, -0.2) is 4.98 Å². The fraction of sp³-hybridized carbons (Fsp3) is 0.355. The highest BCUT2D eigenvalue weighted by molar-refractivity contribution is 5.94. The van der Waals surface area contributed by atoms with Crippen LogP contribution >= 0.6 is 0 Å². The minimum absolute atomic E-state index is 0.0421. The fourth-order valence-corrected chi connectivity index (χ4v) is 4.33. The molecule has 0 aliphatic rings. The van der Waals surface area contributed by atoms with E-state index in [0.29, 0.717) is 23.7 Å². The molecular weight excluding hydrogens is 563 g/mol. The van der Waals surface area contributed by atoms with Crippen molar-refractivity contribution in [2.24, 2.45) is 5.18 Å². The number of halogens is 3. The van der Waals surface area contributed by atoms with Crippen molar-refractivity contribution in [2.45, 2.75) is 63.9 Å². The van der Waals surface area contributed by atoms with Crippen LogP contribution < -0.4 is 15.4 Å². The highest BCUT2D eigenvalue weighted by Crippen LogP contribution is 2.30. The Labute approximate surface area is 247 Å². The molecule has 2 aromatic carbocycles. The summed E-state index contributed by atoms with van der Waals surface area (Å²) in [6, 6.07) is 17.0. The van der Waals surface area contributed by atoms with Gasteiger partial charge in [0, 0.05) is 35.8 Å². The van der Waals surface area contributed by atoms with Crippen LogP contribution in [0, 0.1) is 16.2 Å². The van der Waals surface area contributed by atoms with Gasteiger partial charge in [0.1, 0.15) is 6.54 Å². The van der Waals surface area contributed by atoms with Gasteiger partial charge in [0.15, 0.2) is 5.60 Å². The molecule has 3 aromatic rings. The predicted molar refractivity (Wildman–Crippen MR) is 153 cm³/mol. The summed E-state index contributed by atoms with van der Waals surface area (Å²) in [6.45, 7) is 6.40. The van der Waals surface area contributed by atoms with Gasteiger partial charge in [0.05, 0.1) is 17.2 Å². The number of alkyl halides is 3. The molecule has 9 nitrogen and oxygen atoms in total. The Kier molecular flexibility index (Phi) is 10.6. The van der Waals surface area contributed by atoms with Crippen LogP contribution in [-0.2, 0) is 17.4 Å². The number of carbonyl (C=O) groups is 2. The maximum Gasteiger partial charge on any atom is 0.417 e. The van der Waals surface area contributed by atoms with Crippen LogP contribution in [-0.4, -0.2) is 41.0 Å². The number of nitriles is 1. The van der Waals surface area contributed by atoms with Crippen molar-refractivity contribution in [3.05, 3.63) is 99.6 Å². The normalized spacial score (nSPS) is 13.6. The zero-order valence-electron chi connectivity index (χ0n) is 24.1. The van der Waals surface area contributed by atoms with E-state index in [1.54, 1.807) is 56.3 Å². The van der Waals surface area contributed by atoms with Crippen LogP contribution in [0.5, 0.6) is 5.88 Å². The molecule has 0 aliphatic heterocycles. The molecule has 1 aromatic heterocycles. The predicted octanol–water partition coefficient (Wildman–Crippen LogP) is 5.55. The van der Waals surface area contributed by atoms with Gasteiger partial charge in [0.25, 0.3) is 11.8 Å². The molecule has 2 N–H and O–H groups in total. The van der Waals surface area contributed by atoms with E-state index in [1.165, 1.54) is 13.8 Å².